The first-order valence-corrected chi connectivity index (χ1v) is 5.02. The number of aliphatic hydroxyl groups is 1. The predicted octanol–water partition coefficient (Wildman–Crippen LogP) is 0.891. The van der Waals surface area contributed by atoms with Crippen LogP contribution < -0.4 is 5.32 Å². The molecular formula is C11H16N2O2. The van der Waals surface area contributed by atoms with E-state index in [0.29, 0.717) is 17.7 Å². The summed E-state index contributed by atoms with van der Waals surface area (Å²) in [6, 6.07) is 3.26. The van der Waals surface area contributed by atoms with Crippen molar-refractivity contribution in [3.05, 3.63) is 29.6 Å². The lowest BCUT2D eigenvalue weighted by molar-refractivity contribution is 0.0914. The second-order valence-corrected chi connectivity index (χ2v) is 3.40. The van der Waals surface area contributed by atoms with E-state index >= 15 is 0 Å². The van der Waals surface area contributed by atoms with Gasteiger partial charge in [0.15, 0.2) is 0 Å². The standard InChI is InChI=1S/C11H16N2O2/c1-3-9(7-14)13-11(15)10-5-4-6-12-8(10)2/h4-6,9,14H,3,7H2,1-2H3,(H,13,15)/t9-/m0/s1. The van der Waals surface area contributed by atoms with Crippen molar-refractivity contribution >= 4 is 5.91 Å². The number of nitrogens with zero attached hydrogens (tertiary/aromatic N) is 1. The monoisotopic (exact) mass is 208 g/mol. The van der Waals surface area contributed by atoms with Gasteiger partial charge in [-0.15, -0.1) is 0 Å². The van der Waals surface area contributed by atoms with Crippen LogP contribution in [0.25, 0.3) is 0 Å². The van der Waals surface area contributed by atoms with Crippen molar-refractivity contribution in [3.63, 3.8) is 0 Å². The summed E-state index contributed by atoms with van der Waals surface area (Å²) in [5, 5.41) is 11.7. The van der Waals surface area contributed by atoms with E-state index in [1.165, 1.54) is 0 Å². The van der Waals surface area contributed by atoms with Crippen LogP contribution in [0, 0.1) is 6.92 Å². The molecule has 0 aliphatic heterocycles. The lowest BCUT2D eigenvalue weighted by Crippen LogP contribution is -2.37. The van der Waals surface area contributed by atoms with E-state index in [2.05, 4.69) is 10.3 Å². The van der Waals surface area contributed by atoms with E-state index < -0.39 is 0 Å². The van der Waals surface area contributed by atoms with Gasteiger partial charge in [0, 0.05) is 11.9 Å². The molecule has 1 aromatic rings. The number of hydrogen-bond donors (Lipinski definition) is 2. The van der Waals surface area contributed by atoms with Gasteiger partial charge in [0.1, 0.15) is 0 Å². The van der Waals surface area contributed by atoms with Crippen molar-refractivity contribution in [1.82, 2.24) is 10.3 Å². The number of carbonyl (C=O) groups is 1. The van der Waals surface area contributed by atoms with Gasteiger partial charge in [0.2, 0.25) is 0 Å². The van der Waals surface area contributed by atoms with E-state index in [1.807, 2.05) is 6.92 Å². The van der Waals surface area contributed by atoms with Crippen LogP contribution in [0.15, 0.2) is 18.3 Å². The maximum absolute atomic E-state index is 11.7. The maximum Gasteiger partial charge on any atom is 0.253 e. The zero-order valence-corrected chi connectivity index (χ0v) is 9.03. The van der Waals surface area contributed by atoms with Crippen molar-refractivity contribution in [2.24, 2.45) is 0 Å². The van der Waals surface area contributed by atoms with Crippen LogP contribution in [0.4, 0.5) is 0 Å². The molecule has 4 nitrogen and oxygen atoms in total. The SMILES string of the molecule is CC[C@@H](CO)NC(=O)c1cccnc1C. The van der Waals surface area contributed by atoms with Crippen LogP contribution in [0.1, 0.15) is 29.4 Å². The molecule has 2 N–H and O–H groups in total. The van der Waals surface area contributed by atoms with Crippen LogP contribution in [0.5, 0.6) is 0 Å². The molecule has 1 rings (SSSR count). The average Bonchev–Trinajstić information content (AvgIpc) is 2.26. The molecule has 0 spiro atoms. The minimum Gasteiger partial charge on any atom is -0.394 e. The van der Waals surface area contributed by atoms with Gasteiger partial charge in [0.05, 0.1) is 18.2 Å². The minimum absolute atomic E-state index is 0.0401. The molecular weight excluding hydrogens is 192 g/mol. The molecule has 1 heterocycles. The lowest BCUT2D eigenvalue weighted by atomic mass is 10.1. The summed E-state index contributed by atoms with van der Waals surface area (Å²) in [4.78, 5) is 15.8. The van der Waals surface area contributed by atoms with E-state index in [9.17, 15) is 4.79 Å². The van der Waals surface area contributed by atoms with Gasteiger partial charge < -0.3 is 10.4 Å². The molecule has 1 aromatic heterocycles. The topological polar surface area (TPSA) is 62.2 Å². The summed E-state index contributed by atoms with van der Waals surface area (Å²) >= 11 is 0. The second-order valence-electron chi connectivity index (χ2n) is 3.40. The van der Waals surface area contributed by atoms with Crippen molar-refractivity contribution in [3.8, 4) is 0 Å². The number of aliphatic hydroxyl groups excluding tert-OH is 1. The van der Waals surface area contributed by atoms with Crippen LogP contribution >= 0.6 is 0 Å². The van der Waals surface area contributed by atoms with E-state index in [0.717, 1.165) is 0 Å². The maximum atomic E-state index is 11.7. The third kappa shape index (κ3) is 3.02. The number of rotatable bonds is 4. The molecule has 15 heavy (non-hydrogen) atoms. The lowest BCUT2D eigenvalue weighted by Gasteiger charge is -2.14. The smallest absolute Gasteiger partial charge is 0.253 e. The molecule has 0 saturated carbocycles. The van der Waals surface area contributed by atoms with E-state index in [-0.39, 0.29) is 18.6 Å². The third-order valence-electron chi connectivity index (χ3n) is 2.30. The Labute approximate surface area is 89.3 Å². The third-order valence-corrected chi connectivity index (χ3v) is 2.30. The summed E-state index contributed by atoms with van der Waals surface area (Å²) in [6.45, 7) is 3.66. The fourth-order valence-electron chi connectivity index (χ4n) is 1.26. The minimum atomic E-state index is -0.183. The fraction of sp³-hybridized carbons (Fsp3) is 0.455. The van der Waals surface area contributed by atoms with Gasteiger partial charge in [-0.05, 0) is 25.5 Å². The van der Waals surface area contributed by atoms with Gasteiger partial charge in [0.25, 0.3) is 5.91 Å². The second kappa shape index (κ2) is 5.46. The Balaban J connectivity index is 2.73. The molecule has 0 aliphatic carbocycles. The highest BCUT2D eigenvalue weighted by atomic mass is 16.3. The Morgan fingerprint density at radius 1 is 1.67 bits per heavy atom. The quantitative estimate of drug-likeness (QED) is 0.772. The van der Waals surface area contributed by atoms with Crippen molar-refractivity contribution in [1.29, 1.82) is 0 Å². The van der Waals surface area contributed by atoms with Crippen molar-refractivity contribution < 1.29 is 9.90 Å². The zero-order valence-electron chi connectivity index (χ0n) is 9.03. The fourth-order valence-corrected chi connectivity index (χ4v) is 1.26. The molecule has 0 bridgehead atoms. The molecule has 0 fully saturated rings. The Morgan fingerprint density at radius 2 is 2.40 bits per heavy atom. The first kappa shape index (κ1) is 11.7. The summed E-state index contributed by atoms with van der Waals surface area (Å²) < 4.78 is 0. The number of carbonyl (C=O) groups excluding carboxylic acids is 1. The summed E-state index contributed by atoms with van der Waals surface area (Å²) in [5.41, 5.74) is 1.26. The highest BCUT2D eigenvalue weighted by Gasteiger charge is 2.12. The molecule has 4 heteroatoms. The number of aromatic nitrogens is 1. The Hall–Kier alpha value is -1.42. The molecule has 82 valence electrons. The largest absolute Gasteiger partial charge is 0.394 e. The number of hydrogen-bond acceptors (Lipinski definition) is 3. The summed E-state index contributed by atoms with van der Waals surface area (Å²) in [5.74, 6) is -0.179. The molecule has 0 saturated heterocycles. The number of aryl methyl sites for hydroxylation is 1. The molecule has 0 radical (unpaired) electrons. The average molecular weight is 208 g/mol. The normalized spacial score (nSPS) is 12.2. The van der Waals surface area contributed by atoms with Crippen molar-refractivity contribution in [2.45, 2.75) is 26.3 Å². The number of amides is 1. The summed E-state index contributed by atoms with van der Waals surface area (Å²) in [7, 11) is 0. The molecule has 0 unspecified atom stereocenters. The Bertz CT molecular complexity index is 335. The first-order valence-electron chi connectivity index (χ1n) is 5.02. The highest BCUT2D eigenvalue weighted by molar-refractivity contribution is 5.95. The van der Waals surface area contributed by atoms with Crippen LogP contribution in [-0.4, -0.2) is 28.6 Å². The highest BCUT2D eigenvalue weighted by Crippen LogP contribution is 2.04. The Kier molecular flexibility index (Phi) is 4.24. The predicted molar refractivity (Wildman–Crippen MR) is 57.6 cm³/mol. The van der Waals surface area contributed by atoms with Gasteiger partial charge in [-0.3, -0.25) is 9.78 Å². The molecule has 1 amide bonds. The van der Waals surface area contributed by atoms with Gasteiger partial charge in [-0.1, -0.05) is 6.92 Å². The van der Waals surface area contributed by atoms with Gasteiger partial charge >= 0.3 is 0 Å². The van der Waals surface area contributed by atoms with E-state index in [4.69, 9.17) is 5.11 Å². The van der Waals surface area contributed by atoms with Crippen LogP contribution in [-0.2, 0) is 0 Å². The molecule has 1 atom stereocenters. The molecule has 0 aromatic carbocycles. The zero-order chi connectivity index (χ0) is 11.3. The van der Waals surface area contributed by atoms with Crippen molar-refractivity contribution in [2.75, 3.05) is 6.61 Å². The molecule has 0 aliphatic rings. The van der Waals surface area contributed by atoms with Crippen LogP contribution in [0.2, 0.25) is 0 Å². The van der Waals surface area contributed by atoms with Gasteiger partial charge in [-0.25, -0.2) is 0 Å². The van der Waals surface area contributed by atoms with Crippen LogP contribution in [0.3, 0.4) is 0 Å². The van der Waals surface area contributed by atoms with Gasteiger partial charge in [-0.2, -0.15) is 0 Å². The first-order chi connectivity index (χ1) is 7.19. The number of pyridine rings is 1. The summed E-state index contributed by atoms with van der Waals surface area (Å²) in [6.07, 6.45) is 2.36. The number of nitrogens with one attached hydrogen (secondary N) is 1. The Morgan fingerprint density at radius 3 is 2.93 bits per heavy atom. The van der Waals surface area contributed by atoms with E-state index in [1.54, 1.807) is 25.3 Å².